The highest BCUT2D eigenvalue weighted by Crippen LogP contribution is 2.33. The fourth-order valence-electron chi connectivity index (χ4n) is 4.07. The lowest BCUT2D eigenvalue weighted by Gasteiger charge is -2.49. The summed E-state index contributed by atoms with van der Waals surface area (Å²) in [5.41, 5.74) is 1.89. The number of carbonyl (C=O) groups excluding carboxylic acids is 1. The van der Waals surface area contributed by atoms with Crippen LogP contribution in [0.25, 0.3) is 10.6 Å². The molecule has 0 saturated carbocycles. The van der Waals surface area contributed by atoms with Crippen LogP contribution in [0.1, 0.15) is 35.1 Å². The molecule has 3 saturated heterocycles. The van der Waals surface area contributed by atoms with Gasteiger partial charge in [-0.2, -0.15) is 0 Å². The van der Waals surface area contributed by atoms with E-state index in [1.54, 1.807) is 0 Å². The van der Waals surface area contributed by atoms with E-state index in [-0.39, 0.29) is 11.9 Å². The Balaban J connectivity index is 1.54. The number of benzene rings is 1. The smallest absolute Gasteiger partial charge is 0.263 e. The zero-order valence-corrected chi connectivity index (χ0v) is 15.0. The van der Waals surface area contributed by atoms with Crippen molar-refractivity contribution >= 4 is 17.2 Å². The molecule has 0 spiro atoms. The van der Waals surface area contributed by atoms with Crippen LogP contribution in [0.15, 0.2) is 30.3 Å². The van der Waals surface area contributed by atoms with E-state index in [4.69, 9.17) is 0 Å². The lowest BCUT2D eigenvalue weighted by Crippen LogP contribution is -2.62. The number of nitrogens with one attached hydrogen (secondary N) is 1. The van der Waals surface area contributed by atoms with Crippen LogP contribution < -0.4 is 5.32 Å². The summed E-state index contributed by atoms with van der Waals surface area (Å²) in [5.74, 6) is 0.661. The normalized spacial score (nSPS) is 28.8. The van der Waals surface area contributed by atoms with Crippen molar-refractivity contribution in [2.75, 3.05) is 13.1 Å². The molecule has 3 aliphatic rings. The number of nitrogens with zero attached hydrogens (tertiary/aromatic N) is 2. The summed E-state index contributed by atoms with van der Waals surface area (Å²) in [6.07, 6.45) is 2.40. The molecule has 2 atom stereocenters. The van der Waals surface area contributed by atoms with Crippen LogP contribution in [-0.2, 0) is 0 Å². The second-order valence-electron chi connectivity index (χ2n) is 6.91. The third kappa shape index (κ3) is 2.76. The minimum Gasteiger partial charge on any atom is -0.347 e. The molecule has 1 N–H and O–H groups in total. The average Bonchev–Trinajstić information content (AvgIpc) is 3.01. The topological polar surface area (TPSA) is 45.2 Å². The van der Waals surface area contributed by atoms with Gasteiger partial charge in [-0.15, -0.1) is 11.3 Å². The first-order chi connectivity index (χ1) is 11.6. The predicted octanol–water partition coefficient (Wildman–Crippen LogP) is 3.33. The van der Waals surface area contributed by atoms with E-state index in [9.17, 15) is 4.79 Å². The molecule has 1 aromatic heterocycles. The van der Waals surface area contributed by atoms with Gasteiger partial charge >= 0.3 is 0 Å². The summed E-state index contributed by atoms with van der Waals surface area (Å²) in [6, 6.07) is 10.8. The first-order valence-corrected chi connectivity index (χ1v) is 9.53. The Bertz CT molecular complexity index is 732. The number of aryl methyl sites for hydroxylation is 1. The van der Waals surface area contributed by atoms with Crippen LogP contribution in [0.4, 0.5) is 0 Å². The summed E-state index contributed by atoms with van der Waals surface area (Å²) < 4.78 is 0. The van der Waals surface area contributed by atoms with Crippen LogP contribution >= 0.6 is 11.3 Å². The number of fused-ring (bicyclic) bond motifs is 3. The fourth-order valence-corrected chi connectivity index (χ4v) is 5.05. The second kappa shape index (κ2) is 6.30. The van der Waals surface area contributed by atoms with E-state index in [0.29, 0.717) is 12.0 Å². The van der Waals surface area contributed by atoms with Gasteiger partial charge < -0.3 is 5.32 Å². The molecule has 24 heavy (non-hydrogen) atoms. The molecule has 126 valence electrons. The Labute approximate surface area is 146 Å². The van der Waals surface area contributed by atoms with Crippen LogP contribution in [0.5, 0.6) is 0 Å². The minimum atomic E-state index is 0.0396. The molecule has 0 aliphatic carbocycles. The Kier molecular flexibility index (Phi) is 4.14. The lowest BCUT2D eigenvalue weighted by molar-refractivity contribution is 0.0218. The summed E-state index contributed by atoms with van der Waals surface area (Å²) in [6.45, 7) is 6.52. The molecule has 5 heteroatoms. The largest absolute Gasteiger partial charge is 0.347 e. The molecule has 2 aromatic rings. The standard InChI is InChI=1S/C19H23N3OS/c1-12-17(24-19(20-12)15-6-4-3-5-7-15)18(23)21-16-13(2)22-10-8-14(16)9-11-22/h3-7,13-14,16H,8-11H2,1-2H3,(H,21,23)/t13-,16-/m0/s1. The monoisotopic (exact) mass is 341 g/mol. The maximum absolute atomic E-state index is 12.8. The van der Waals surface area contributed by atoms with Crippen molar-refractivity contribution in [1.82, 2.24) is 15.2 Å². The number of aromatic nitrogens is 1. The molecule has 4 nitrogen and oxygen atoms in total. The van der Waals surface area contributed by atoms with Crippen LogP contribution in [0.2, 0.25) is 0 Å². The minimum absolute atomic E-state index is 0.0396. The highest BCUT2D eigenvalue weighted by atomic mass is 32.1. The first kappa shape index (κ1) is 15.8. The van der Waals surface area contributed by atoms with Crippen molar-refractivity contribution in [3.8, 4) is 10.6 Å². The zero-order valence-electron chi connectivity index (χ0n) is 14.2. The molecular weight excluding hydrogens is 318 g/mol. The highest BCUT2D eigenvalue weighted by molar-refractivity contribution is 7.17. The zero-order chi connectivity index (χ0) is 16.7. The van der Waals surface area contributed by atoms with Crippen molar-refractivity contribution < 1.29 is 4.79 Å². The number of hydrogen-bond donors (Lipinski definition) is 1. The Morgan fingerprint density at radius 1 is 1.25 bits per heavy atom. The van der Waals surface area contributed by atoms with Gasteiger partial charge in [-0.3, -0.25) is 9.69 Å². The van der Waals surface area contributed by atoms with E-state index < -0.39 is 0 Å². The molecule has 3 fully saturated rings. The van der Waals surface area contributed by atoms with Gasteiger partial charge in [0.15, 0.2) is 0 Å². The molecule has 1 aromatic carbocycles. The summed E-state index contributed by atoms with van der Waals surface area (Å²) >= 11 is 1.49. The van der Waals surface area contributed by atoms with Crippen molar-refractivity contribution in [3.63, 3.8) is 0 Å². The number of thiazole rings is 1. The van der Waals surface area contributed by atoms with Crippen molar-refractivity contribution in [3.05, 3.63) is 40.9 Å². The number of amides is 1. The Morgan fingerprint density at radius 3 is 2.62 bits per heavy atom. The van der Waals surface area contributed by atoms with Gasteiger partial charge in [-0.1, -0.05) is 30.3 Å². The van der Waals surface area contributed by atoms with Gasteiger partial charge in [0.25, 0.3) is 5.91 Å². The van der Waals surface area contributed by atoms with Crippen molar-refractivity contribution in [2.24, 2.45) is 5.92 Å². The second-order valence-corrected chi connectivity index (χ2v) is 7.91. The van der Waals surface area contributed by atoms with E-state index >= 15 is 0 Å². The highest BCUT2D eigenvalue weighted by Gasteiger charge is 2.40. The van der Waals surface area contributed by atoms with Crippen LogP contribution in [-0.4, -0.2) is 41.0 Å². The van der Waals surface area contributed by atoms with Gasteiger partial charge in [-0.25, -0.2) is 4.98 Å². The van der Waals surface area contributed by atoms with Gasteiger partial charge in [0.2, 0.25) is 0 Å². The first-order valence-electron chi connectivity index (χ1n) is 8.71. The maximum atomic E-state index is 12.8. The molecule has 4 heterocycles. The fraction of sp³-hybridized carbons (Fsp3) is 0.474. The SMILES string of the molecule is Cc1nc(-c2ccccc2)sc1C(=O)N[C@@H]1C2CCN(CC2)[C@H]1C. The number of hydrogen-bond acceptors (Lipinski definition) is 4. The molecule has 3 aliphatic heterocycles. The quantitative estimate of drug-likeness (QED) is 0.931. The predicted molar refractivity (Wildman–Crippen MR) is 97.3 cm³/mol. The molecule has 5 rings (SSSR count). The summed E-state index contributed by atoms with van der Waals surface area (Å²) in [4.78, 5) is 20.7. The number of rotatable bonds is 3. The summed E-state index contributed by atoms with van der Waals surface area (Å²) in [5, 5.41) is 4.23. The van der Waals surface area contributed by atoms with Crippen molar-refractivity contribution in [2.45, 2.75) is 38.8 Å². The molecule has 2 bridgehead atoms. The molecular formula is C19H23N3OS. The Morgan fingerprint density at radius 2 is 1.96 bits per heavy atom. The van der Waals surface area contributed by atoms with Crippen LogP contribution in [0.3, 0.4) is 0 Å². The number of carbonyl (C=O) groups is 1. The van der Waals surface area contributed by atoms with Gasteiger partial charge in [-0.05, 0) is 45.7 Å². The van der Waals surface area contributed by atoms with Crippen molar-refractivity contribution in [1.29, 1.82) is 0 Å². The molecule has 0 radical (unpaired) electrons. The van der Waals surface area contributed by atoms with E-state index in [2.05, 4.69) is 22.1 Å². The summed E-state index contributed by atoms with van der Waals surface area (Å²) in [7, 11) is 0. The third-order valence-electron chi connectivity index (χ3n) is 5.50. The number of piperidine rings is 3. The molecule has 0 unspecified atom stereocenters. The van der Waals surface area contributed by atoms with Gasteiger partial charge in [0.05, 0.1) is 5.69 Å². The van der Waals surface area contributed by atoms with E-state index in [1.807, 2.05) is 37.3 Å². The van der Waals surface area contributed by atoms with Crippen LogP contribution in [0, 0.1) is 12.8 Å². The van der Waals surface area contributed by atoms with Gasteiger partial charge in [0, 0.05) is 17.6 Å². The molecule has 1 amide bonds. The van der Waals surface area contributed by atoms with E-state index in [1.165, 1.54) is 37.3 Å². The Hall–Kier alpha value is -1.72. The maximum Gasteiger partial charge on any atom is 0.263 e. The van der Waals surface area contributed by atoms with E-state index in [0.717, 1.165) is 21.1 Å². The lowest BCUT2D eigenvalue weighted by atomic mass is 9.79. The average molecular weight is 341 g/mol. The van der Waals surface area contributed by atoms with Gasteiger partial charge in [0.1, 0.15) is 9.88 Å². The third-order valence-corrected chi connectivity index (χ3v) is 6.70.